The summed E-state index contributed by atoms with van der Waals surface area (Å²) >= 11 is 17.6. The fourth-order valence-electron chi connectivity index (χ4n) is 2.47. The Morgan fingerprint density at radius 2 is 1.75 bits per heavy atom. The number of benzene rings is 2. The van der Waals surface area contributed by atoms with Crippen LogP contribution in [0.3, 0.4) is 0 Å². The first-order chi connectivity index (χ1) is 12.9. The Bertz CT molecular complexity index is 981. The zero-order valence-corrected chi connectivity index (χ0v) is 16.2. The summed E-state index contributed by atoms with van der Waals surface area (Å²) in [6.07, 6.45) is -4.36. The van der Waals surface area contributed by atoms with Gasteiger partial charge in [0.2, 0.25) is 0 Å². The standard InChI is InChI=1S/C18H10Cl3F3O4/c1-8-13(19)5-11(6-14(8)20)27-10-3-2-9-4-12(16(25)26)17(21,18(22,23)24)28-15(9)7-10/h2-7H,1H3,(H,25,26). The fraction of sp³-hybridized carbons (Fsp3) is 0.167. The summed E-state index contributed by atoms with van der Waals surface area (Å²) in [6, 6.07) is 6.92. The van der Waals surface area contributed by atoms with E-state index in [1.54, 1.807) is 6.92 Å². The van der Waals surface area contributed by atoms with Crippen LogP contribution in [0.15, 0.2) is 35.9 Å². The first-order valence-electron chi connectivity index (χ1n) is 7.60. The van der Waals surface area contributed by atoms with E-state index in [1.165, 1.54) is 24.3 Å². The molecule has 0 fully saturated rings. The molecule has 1 aliphatic rings. The molecule has 0 amide bonds. The first-order valence-corrected chi connectivity index (χ1v) is 8.73. The molecule has 148 valence electrons. The van der Waals surface area contributed by atoms with Crippen molar-refractivity contribution in [3.63, 3.8) is 0 Å². The van der Waals surface area contributed by atoms with E-state index >= 15 is 0 Å². The molecule has 0 radical (unpaired) electrons. The zero-order chi connectivity index (χ0) is 20.9. The van der Waals surface area contributed by atoms with Crippen LogP contribution in [0.4, 0.5) is 13.2 Å². The van der Waals surface area contributed by atoms with Gasteiger partial charge in [-0.25, -0.2) is 4.79 Å². The molecular formula is C18H10Cl3F3O4. The van der Waals surface area contributed by atoms with E-state index in [-0.39, 0.29) is 22.8 Å². The summed E-state index contributed by atoms with van der Waals surface area (Å²) in [5, 5.41) is 6.28. The van der Waals surface area contributed by atoms with Gasteiger partial charge in [-0.2, -0.15) is 13.2 Å². The van der Waals surface area contributed by atoms with E-state index < -0.39 is 22.8 Å². The lowest BCUT2D eigenvalue weighted by molar-refractivity contribution is -0.204. The average molecular weight is 454 g/mol. The Kier molecular flexibility index (Phi) is 5.20. The SMILES string of the molecule is Cc1c(Cl)cc(Oc2ccc3c(c2)OC(Cl)(C(F)(F)F)C(C(=O)O)=C3)cc1Cl. The number of carboxylic acid groups (broad SMARTS) is 1. The number of fused-ring (bicyclic) bond motifs is 1. The molecule has 1 atom stereocenters. The molecule has 4 nitrogen and oxygen atoms in total. The van der Waals surface area contributed by atoms with Gasteiger partial charge in [0, 0.05) is 21.7 Å². The van der Waals surface area contributed by atoms with Crippen molar-refractivity contribution in [1.82, 2.24) is 0 Å². The molecule has 0 saturated heterocycles. The quantitative estimate of drug-likeness (QED) is 0.543. The van der Waals surface area contributed by atoms with Gasteiger partial charge in [-0.1, -0.05) is 34.8 Å². The number of carbonyl (C=O) groups is 1. The van der Waals surface area contributed by atoms with Crippen molar-refractivity contribution in [3.8, 4) is 17.2 Å². The monoisotopic (exact) mass is 452 g/mol. The molecule has 0 saturated carbocycles. The molecule has 1 heterocycles. The van der Waals surface area contributed by atoms with E-state index in [2.05, 4.69) is 0 Å². The van der Waals surface area contributed by atoms with Crippen molar-refractivity contribution in [3.05, 3.63) is 57.1 Å². The van der Waals surface area contributed by atoms with Gasteiger partial charge >= 0.3 is 17.2 Å². The van der Waals surface area contributed by atoms with Crippen LogP contribution in [0.2, 0.25) is 10.0 Å². The van der Waals surface area contributed by atoms with E-state index in [0.29, 0.717) is 15.6 Å². The van der Waals surface area contributed by atoms with Crippen molar-refractivity contribution >= 4 is 46.8 Å². The Balaban J connectivity index is 2.01. The van der Waals surface area contributed by atoms with E-state index in [0.717, 1.165) is 12.1 Å². The summed E-state index contributed by atoms with van der Waals surface area (Å²) < 4.78 is 50.6. The molecule has 2 aromatic carbocycles. The third-order valence-electron chi connectivity index (χ3n) is 3.97. The van der Waals surface area contributed by atoms with Crippen LogP contribution in [0, 0.1) is 6.92 Å². The topological polar surface area (TPSA) is 55.8 Å². The highest BCUT2D eigenvalue weighted by molar-refractivity contribution is 6.36. The molecule has 0 aliphatic carbocycles. The number of halogens is 6. The summed E-state index contributed by atoms with van der Waals surface area (Å²) in [4.78, 5) is 11.2. The number of rotatable bonds is 3. The number of hydrogen-bond donors (Lipinski definition) is 1. The Hall–Kier alpha value is -2.09. The minimum Gasteiger partial charge on any atom is -0.478 e. The molecular weight excluding hydrogens is 444 g/mol. The van der Waals surface area contributed by atoms with Crippen molar-refractivity contribution in [2.24, 2.45) is 0 Å². The third kappa shape index (κ3) is 3.62. The van der Waals surface area contributed by atoms with Crippen molar-refractivity contribution < 1.29 is 32.5 Å². The highest BCUT2D eigenvalue weighted by Crippen LogP contribution is 2.48. The van der Waals surface area contributed by atoms with Gasteiger partial charge in [-0.3, -0.25) is 0 Å². The Morgan fingerprint density at radius 3 is 2.29 bits per heavy atom. The number of alkyl halides is 4. The molecule has 10 heteroatoms. The maximum absolute atomic E-state index is 13.4. The number of carboxylic acids is 1. The second-order valence-corrected chi connectivity index (χ2v) is 7.22. The number of ether oxygens (including phenoxy) is 2. The second-order valence-electron chi connectivity index (χ2n) is 5.87. The highest BCUT2D eigenvalue weighted by Gasteiger charge is 2.62. The highest BCUT2D eigenvalue weighted by atomic mass is 35.5. The average Bonchev–Trinajstić information content (AvgIpc) is 2.57. The maximum atomic E-state index is 13.4. The zero-order valence-electron chi connectivity index (χ0n) is 13.9. The van der Waals surface area contributed by atoms with Crippen LogP contribution in [-0.4, -0.2) is 22.3 Å². The molecule has 1 unspecified atom stereocenters. The van der Waals surface area contributed by atoms with E-state index in [4.69, 9.17) is 49.4 Å². The largest absolute Gasteiger partial charge is 0.478 e. The van der Waals surface area contributed by atoms with Gasteiger partial charge in [0.15, 0.2) is 0 Å². The minimum atomic E-state index is -5.18. The van der Waals surface area contributed by atoms with Gasteiger partial charge in [-0.15, -0.1) is 0 Å². The number of hydrogen-bond acceptors (Lipinski definition) is 3. The van der Waals surface area contributed by atoms with Crippen LogP contribution in [0.1, 0.15) is 11.1 Å². The molecule has 1 N–H and O–H groups in total. The molecule has 28 heavy (non-hydrogen) atoms. The molecule has 0 bridgehead atoms. The van der Waals surface area contributed by atoms with E-state index in [1.807, 2.05) is 0 Å². The van der Waals surface area contributed by atoms with Crippen molar-refractivity contribution in [1.29, 1.82) is 0 Å². The van der Waals surface area contributed by atoms with Crippen LogP contribution < -0.4 is 9.47 Å². The third-order valence-corrected chi connectivity index (χ3v) is 5.25. The smallest absolute Gasteiger partial charge is 0.448 e. The summed E-state index contributed by atoms with van der Waals surface area (Å²) in [6.45, 7) is 1.71. The van der Waals surface area contributed by atoms with E-state index in [9.17, 15) is 18.0 Å². The van der Waals surface area contributed by atoms with Crippen LogP contribution in [0.25, 0.3) is 6.08 Å². The molecule has 1 aliphatic heterocycles. The van der Waals surface area contributed by atoms with Crippen molar-refractivity contribution in [2.45, 2.75) is 18.2 Å². The Morgan fingerprint density at radius 1 is 1.14 bits per heavy atom. The van der Waals surface area contributed by atoms with Gasteiger partial charge in [0.1, 0.15) is 22.8 Å². The normalized spacial score (nSPS) is 18.8. The Labute approximate surface area is 172 Å². The van der Waals surface area contributed by atoms with Gasteiger partial charge in [-0.05, 0) is 42.8 Å². The van der Waals surface area contributed by atoms with Crippen LogP contribution >= 0.6 is 34.8 Å². The maximum Gasteiger partial charge on any atom is 0.448 e. The molecule has 3 rings (SSSR count). The number of aliphatic carboxylic acids is 1. The second kappa shape index (κ2) is 7.06. The predicted octanol–water partition coefficient (Wildman–Crippen LogP) is 6.45. The van der Waals surface area contributed by atoms with Gasteiger partial charge in [0.05, 0.1) is 0 Å². The minimum absolute atomic E-state index is 0.102. The lowest BCUT2D eigenvalue weighted by Crippen LogP contribution is -2.50. The molecule has 0 aromatic heterocycles. The van der Waals surface area contributed by atoms with Crippen LogP contribution in [0.5, 0.6) is 17.2 Å². The van der Waals surface area contributed by atoms with Crippen LogP contribution in [-0.2, 0) is 4.79 Å². The van der Waals surface area contributed by atoms with Crippen molar-refractivity contribution in [2.75, 3.05) is 0 Å². The molecule has 0 spiro atoms. The fourth-order valence-corrected chi connectivity index (χ4v) is 3.15. The predicted molar refractivity (Wildman–Crippen MR) is 98.6 cm³/mol. The summed E-state index contributed by atoms with van der Waals surface area (Å²) in [7, 11) is 0. The first kappa shape index (κ1) is 20.6. The summed E-state index contributed by atoms with van der Waals surface area (Å²) in [5.74, 6) is -1.77. The lowest BCUT2D eigenvalue weighted by atomic mass is 10.0. The lowest BCUT2D eigenvalue weighted by Gasteiger charge is -2.34. The molecule has 2 aromatic rings. The van der Waals surface area contributed by atoms with Gasteiger partial charge < -0.3 is 14.6 Å². The van der Waals surface area contributed by atoms with Gasteiger partial charge in [0.25, 0.3) is 0 Å². The summed E-state index contributed by atoms with van der Waals surface area (Å²) in [5.41, 5.74) is -0.391.